The number of aromatic amines is 1. The summed E-state index contributed by atoms with van der Waals surface area (Å²) in [4.78, 5) is 18.3. The molecule has 2 heterocycles. The maximum Gasteiger partial charge on any atom is 0.258 e. The van der Waals surface area contributed by atoms with E-state index in [-0.39, 0.29) is 5.56 Å². The maximum absolute atomic E-state index is 11.7. The molecular weight excluding hydrogens is 236 g/mol. The molecule has 0 saturated carbocycles. The highest BCUT2D eigenvalue weighted by atomic mass is 16.6. The minimum Gasteiger partial charge on any atom is -0.487 e. The second-order valence-corrected chi connectivity index (χ2v) is 3.86. The van der Waals surface area contributed by atoms with Crippen LogP contribution in [0.15, 0.2) is 23.3 Å². The SMILES string of the molecule is O=c1[nH]cnc2cc3c(cc12)OCCOCCO3. The first-order valence-corrected chi connectivity index (χ1v) is 5.69. The number of rotatable bonds is 0. The van der Waals surface area contributed by atoms with Crippen molar-refractivity contribution in [3.63, 3.8) is 0 Å². The molecule has 2 aromatic rings. The van der Waals surface area contributed by atoms with Crippen LogP contribution in [0.3, 0.4) is 0 Å². The summed E-state index contributed by atoms with van der Waals surface area (Å²) in [6.07, 6.45) is 1.37. The molecule has 0 unspecified atom stereocenters. The molecular formula is C12H12N2O4. The fraction of sp³-hybridized carbons (Fsp3) is 0.333. The van der Waals surface area contributed by atoms with Gasteiger partial charge in [-0.1, -0.05) is 0 Å². The number of hydrogen-bond donors (Lipinski definition) is 1. The molecule has 0 amide bonds. The van der Waals surface area contributed by atoms with E-state index in [1.165, 1.54) is 6.33 Å². The summed E-state index contributed by atoms with van der Waals surface area (Å²) < 4.78 is 16.4. The molecule has 1 aromatic carbocycles. The summed E-state index contributed by atoms with van der Waals surface area (Å²) in [7, 11) is 0. The Hall–Kier alpha value is -2.08. The van der Waals surface area contributed by atoms with Crippen molar-refractivity contribution in [1.82, 2.24) is 9.97 Å². The van der Waals surface area contributed by atoms with Crippen LogP contribution < -0.4 is 15.0 Å². The summed E-state index contributed by atoms with van der Waals surface area (Å²) in [5, 5.41) is 0.486. The smallest absolute Gasteiger partial charge is 0.258 e. The van der Waals surface area contributed by atoms with Gasteiger partial charge in [0.15, 0.2) is 11.5 Å². The Labute approximate surface area is 103 Å². The summed E-state index contributed by atoms with van der Waals surface area (Å²) in [6.45, 7) is 1.90. The maximum atomic E-state index is 11.7. The van der Waals surface area contributed by atoms with Crippen LogP contribution in [0.1, 0.15) is 0 Å². The number of fused-ring (bicyclic) bond motifs is 2. The molecule has 0 aliphatic carbocycles. The fourth-order valence-corrected chi connectivity index (χ4v) is 1.82. The number of ether oxygens (including phenoxy) is 3. The molecule has 6 heteroatoms. The molecule has 0 saturated heterocycles. The van der Waals surface area contributed by atoms with Gasteiger partial charge >= 0.3 is 0 Å². The molecule has 94 valence electrons. The predicted molar refractivity (Wildman–Crippen MR) is 64.2 cm³/mol. The molecule has 18 heavy (non-hydrogen) atoms. The number of benzene rings is 1. The van der Waals surface area contributed by atoms with Crippen LogP contribution in [0.2, 0.25) is 0 Å². The van der Waals surface area contributed by atoms with Crippen LogP contribution in [0.5, 0.6) is 11.5 Å². The van der Waals surface area contributed by atoms with Gasteiger partial charge in [-0.3, -0.25) is 4.79 Å². The Morgan fingerprint density at radius 3 is 2.56 bits per heavy atom. The fourth-order valence-electron chi connectivity index (χ4n) is 1.82. The average Bonchev–Trinajstić information content (AvgIpc) is 2.49. The number of hydrogen-bond acceptors (Lipinski definition) is 5. The highest BCUT2D eigenvalue weighted by molar-refractivity contribution is 5.81. The quantitative estimate of drug-likeness (QED) is 0.743. The third-order valence-electron chi connectivity index (χ3n) is 2.68. The van der Waals surface area contributed by atoms with Gasteiger partial charge in [-0.05, 0) is 6.07 Å². The van der Waals surface area contributed by atoms with Gasteiger partial charge in [0.2, 0.25) is 0 Å². The molecule has 1 aromatic heterocycles. The van der Waals surface area contributed by atoms with Crippen LogP contribution in [0.4, 0.5) is 0 Å². The van der Waals surface area contributed by atoms with Crippen LogP contribution in [-0.4, -0.2) is 36.4 Å². The lowest BCUT2D eigenvalue weighted by atomic mass is 10.2. The zero-order chi connectivity index (χ0) is 12.4. The zero-order valence-corrected chi connectivity index (χ0v) is 9.64. The van der Waals surface area contributed by atoms with Crippen LogP contribution in [0, 0.1) is 0 Å². The van der Waals surface area contributed by atoms with Crippen molar-refractivity contribution < 1.29 is 14.2 Å². The second-order valence-electron chi connectivity index (χ2n) is 3.86. The van der Waals surface area contributed by atoms with E-state index in [1.54, 1.807) is 12.1 Å². The monoisotopic (exact) mass is 248 g/mol. The molecule has 3 rings (SSSR count). The molecule has 0 bridgehead atoms. The van der Waals surface area contributed by atoms with Crippen molar-refractivity contribution in [2.75, 3.05) is 26.4 Å². The third kappa shape index (κ3) is 2.02. The van der Waals surface area contributed by atoms with E-state index < -0.39 is 0 Å². The first kappa shape index (κ1) is 11.0. The number of nitrogens with zero attached hydrogens (tertiary/aromatic N) is 1. The molecule has 0 spiro atoms. The highest BCUT2D eigenvalue weighted by Crippen LogP contribution is 2.30. The Morgan fingerprint density at radius 2 is 1.78 bits per heavy atom. The van der Waals surface area contributed by atoms with Gasteiger partial charge in [-0.25, -0.2) is 4.98 Å². The van der Waals surface area contributed by atoms with Crippen molar-refractivity contribution in [3.05, 3.63) is 28.8 Å². The van der Waals surface area contributed by atoms with E-state index >= 15 is 0 Å². The lowest BCUT2D eigenvalue weighted by molar-refractivity contribution is 0.0877. The number of H-pyrrole nitrogens is 1. The van der Waals surface area contributed by atoms with Crippen molar-refractivity contribution in [2.24, 2.45) is 0 Å². The van der Waals surface area contributed by atoms with Gasteiger partial charge in [0.1, 0.15) is 13.2 Å². The summed E-state index contributed by atoms with van der Waals surface area (Å²) in [5.41, 5.74) is 0.392. The van der Waals surface area contributed by atoms with E-state index in [0.29, 0.717) is 48.8 Å². The van der Waals surface area contributed by atoms with E-state index in [4.69, 9.17) is 14.2 Å². The largest absolute Gasteiger partial charge is 0.487 e. The van der Waals surface area contributed by atoms with E-state index in [0.717, 1.165) is 0 Å². The second kappa shape index (κ2) is 4.66. The average molecular weight is 248 g/mol. The highest BCUT2D eigenvalue weighted by Gasteiger charge is 2.12. The molecule has 0 radical (unpaired) electrons. The minimum atomic E-state index is -0.192. The molecule has 0 atom stereocenters. The topological polar surface area (TPSA) is 73.4 Å². The standard InChI is InChI=1S/C12H12N2O4/c15-12-8-5-10-11(6-9(8)13-7-14-12)18-4-2-16-1-3-17-10/h5-7H,1-4H2,(H,13,14,15). The van der Waals surface area contributed by atoms with Crippen LogP contribution in [0.25, 0.3) is 10.9 Å². The Morgan fingerprint density at radius 1 is 1.06 bits per heavy atom. The van der Waals surface area contributed by atoms with E-state index in [9.17, 15) is 4.79 Å². The zero-order valence-electron chi connectivity index (χ0n) is 9.64. The first-order chi connectivity index (χ1) is 8.84. The lowest BCUT2D eigenvalue weighted by Crippen LogP contribution is -2.08. The van der Waals surface area contributed by atoms with Crippen LogP contribution in [-0.2, 0) is 4.74 Å². The van der Waals surface area contributed by atoms with E-state index in [2.05, 4.69) is 9.97 Å². The normalized spacial score (nSPS) is 15.8. The Balaban J connectivity index is 2.13. The molecule has 6 nitrogen and oxygen atoms in total. The Kier molecular flexibility index (Phi) is 2.85. The van der Waals surface area contributed by atoms with Crippen molar-refractivity contribution in [1.29, 1.82) is 0 Å². The van der Waals surface area contributed by atoms with Gasteiger partial charge in [-0.2, -0.15) is 0 Å². The predicted octanol–water partition coefficient (Wildman–Crippen LogP) is 0.711. The van der Waals surface area contributed by atoms with E-state index in [1.807, 2.05) is 0 Å². The third-order valence-corrected chi connectivity index (χ3v) is 2.68. The Bertz CT molecular complexity index is 623. The van der Waals surface area contributed by atoms with Crippen LogP contribution >= 0.6 is 0 Å². The molecule has 1 aliphatic rings. The van der Waals surface area contributed by atoms with Gasteiger partial charge in [0.05, 0.1) is 30.4 Å². The van der Waals surface area contributed by atoms with Gasteiger partial charge in [0.25, 0.3) is 5.56 Å². The molecule has 1 N–H and O–H groups in total. The summed E-state index contributed by atoms with van der Waals surface area (Å²) in [6, 6.07) is 3.37. The summed E-state index contributed by atoms with van der Waals surface area (Å²) >= 11 is 0. The number of nitrogens with one attached hydrogen (secondary N) is 1. The van der Waals surface area contributed by atoms with Crippen molar-refractivity contribution in [3.8, 4) is 11.5 Å². The van der Waals surface area contributed by atoms with Gasteiger partial charge in [-0.15, -0.1) is 0 Å². The van der Waals surface area contributed by atoms with Gasteiger partial charge < -0.3 is 19.2 Å². The van der Waals surface area contributed by atoms with Crippen molar-refractivity contribution in [2.45, 2.75) is 0 Å². The van der Waals surface area contributed by atoms with Gasteiger partial charge in [0, 0.05) is 6.07 Å². The van der Waals surface area contributed by atoms with Crippen molar-refractivity contribution >= 4 is 10.9 Å². The number of aromatic nitrogens is 2. The molecule has 0 fully saturated rings. The lowest BCUT2D eigenvalue weighted by Gasteiger charge is -2.10. The molecule has 1 aliphatic heterocycles. The minimum absolute atomic E-state index is 0.192. The summed E-state index contributed by atoms with van der Waals surface area (Å²) in [5.74, 6) is 1.14. The first-order valence-electron chi connectivity index (χ1n) is 5.69.